The first-order valence-corrected chi connectivity index (χ1v) is 2.71. The first kappa shape index (κ1) is 10.2. The third-order valence-electron chi connectivity index (χ3n) is 1.19. The van der Waals surface area contributed by atoms with E-state index in [9.17, 15) is 0 Å². The van der Waals surface area contributed by atoms with Gasteiger partial charge in [0.2, 0.25) is 0 Å². The van der Waals surface area contributed by atoms with E-state index in [0.717, 1.165) is 11.2 Å². The number of nitrogens with zero attached hydrogens (tertiary/aromatic N) is 2. The van der Waals surface area contributed by atoms with Gasteiger partial charge in [-0.15, -0.1) is 24.8 Å². The third-order valence-corrected chi connectivity index (χ3v) is 1.19. The van der Waals surface area contributed by atoms with Gasteiger partial charge in [0.25, 0.3) is 0 Å². The lowest BCUT2D eigenvalue weighted by Crippen LogP contribution is -1.71. The summed E-state index contributed by atoms with van der Waals surface area (Å²) in [6, 6.07) is 3.82. The van der Waals surface area contributed by atoms with Crippen molar-refractivity contribution in [1.82, 2.24) is 15.0 Å². The quantitative estimate of drug-likeness (QED) is 0.691. The van der Waals surface area contributed by atoms with Crippen LogP contribution in [0.1, 0.15) is 0 Å². The van der Waals surface area contributed by atoms with Crippen molar-refractivity contribution in [3.05, 3.63) is 24.7 Å². The minimum Gasteiger partial charge on any atom is -0.343 e. The zero-order valence-corrected chi connectivity index (χ0v) is 7.15. The van der Waals surface area contributed by atoms with Crippen molar-refractivity contribution in [2.75, 3.05) is 0 Å². The van der Waals surface area contributed by atoms with Gasteiger partial charge < -0.3 is 4.98 Å². The van der Waals surface area contributed by atoms with Crippen LogP contribution >= 0.6 is 24.8 Å². The smallest absolute Gasteiger partial charge is 0.177 e. The van der Waals surface area contributed by atoms with E-state index in [2.05, 4.69) is 15.0 Å². The van der Waals surface area contributed by atoms with Crippen molar-refractivity contribution in [3.8, 4) is 0 Å². The van der Waals surface area contributed by atoms with Crippen molar-refractivity contribution in [2.24, 2.45) is 0 Å². The number of aromatic amines is 1. The first-order chi connectivity index (χ1) is 4.47. The van der Waals surface area contributed by atoms with E-state index in [1.54, 1.807) is 12.5 Å². The molecule has 0 aliphatic carbocycles. The molecule has 5 heteroatoms. The third kappa shape index (κ3) is 1.82. The second kappa shape index (κ2) is 4.16. The maximum absolute atomic E-state index is 4.00. The van der Waals surface area contributed by atoms with Crippen molar-refractivity contribution in [1.29, 1.82) is 0 Å². The summed E-state index contributed by atoms with van der Waals surface area (Å²) in [4.78, 5) is 10.9. The Morgan fingerprint density at radius 2 is 2.00 bits per heavy atom. The summed E-state index contributed by atoms with van der Waals surface area (Å²) in [6.07, 6.45) is 3.36. The van der Waals surface area contributed by atoms with Crippen LogP contribution in [0.5, 0.6) is 0 Å². The molecule has 0 aromatic carbocycles. The van der Waals surface area contributed by atoms with Gasteiger partial charge in [-0.2, -0.15) is 0 Å². The van der Waals surface area contributed by atoms with Crippen LogP contribution in [-0.2, 0) is 0 Å². The number of imidazole rings is 1. The number of fused-ring (bicyclic) bond motifs is 1. The fraction of sp³-hybridized carbons (Fsp3) is 0. The van der Waals surface area contributed by atoms with Gasteiger partial charge in [-0.25, -0.2) is 9.97 Å². The highest BCUT2D eigenvalue weighted by atomic mass is 35.5. The Labute approximate surface area is 76.1 Å². The number of hydrogen-bond acceptors (Lipinski definition) is 2. The summed E-state index contributed by atoms with van der Waals surface area (Å²) in [5, 5.41) is 0. The lowest BCUT2D eigenvalue weighted by Gasteiger charge is -1.80. The Morgan fingerprint density at radius 1 is 1.18 bits per heavy atom. The number of aromatic nitrogens is 3. The van der Waals surface area contributed by atoms with Gasteiger partial charge in [-0.1, -0.05) is 0 Å². The number of pyridine rings is 1. The lowest BCUT2D eigenvalue weighted by atomic mass is 10.4. The number of H-pyrrole nitrogens is 1. The van der Waals surface area contributed by atoms with E-state index >= 15 is 0 Å². The minimum absolute atomic E-state index is 0. The van der Waals surface area contributed by atoms with Crippen molar-refractivity contribution in [2.45, 2.75) is 0 Å². The molecule has 2 aromatic rings. The monoisotopic (exact) mass is 191 g/mol. The molecule has 0 saturated heterocycles. The molecule has 2 aromatic heterocycles. The highest BCUT2D eigenvalue weighted by Gasteiger charge is 1.90. The Hall–Kier alpha value is -0.800. The Kier molecular flexibility index (Phi) is 3.85. The summed E-state index contributed by atoms with van der Waals surface area (Å²) in [5.74, 6) is 0. The molecule has 2 heterocycles. The van der Waals surface area contributed by atoms with Gasteiger partial charge in [0, 0.05) is 6.20 Å². The number of nitrogens with one attached hydrogen (secondary N) is 1. The van der Waals surface area contributed by atoms with Gasteiger partial charge in [0.1, 0.15) is 0 Å². The maximum atomic E-state index is 4.00. The second-order valence-electron chi connectivity index (χ2n) is 1.78. The summed E-state index contributed by atoms with van der Waals surface area (Å²) in [5.41, 5.74) is 1.76. The second-order valence-corrected chi connectivity index (χ2v) is 1.78. The summed E-state index contributed by atoms with van der Waals surface area (Å²) < 4.78 is 0. The standard InChI is InChI=1S/C6H5N3.2ClH/c1-2-5-6(7-3-1)9-4-8-5;;/h1-4H,(H,7,8,9);2*1H. The Bertz CT molecular complexity index is 290. The van der Waals surface area contributed by atoms with E-state index in [-0.39, 0.29) is 24.8 Å². The van der Waals surface area contributed by atoms with Crippen molar-refractivity contribution >= 4 is 36.0 Å². The minimum atomic E-state index is 0. The maximum Gasteiger partial charge on any atom is 0.177 e. The molecule has 0 aliphatic rings. The fourth-order valence-corrected chi connectivity index (χ4v) is 0.775. The number of rotatable bonds is 0. The van der Waals surface area contributed by atoms with Crippen LogP contribution in [0.3, 0.4) is 0 Å². The average Bonchev–Trinajstić information content (AvgIpc) is 2.33. The molecule has 0 unspecified atom stereocenters. The summed E-state index contributed by atoms with van der Waals surface area (Å²) in [6.45, 7) is 0. The molecular formula is C6H7Cl2N3. The predicted molar refractivity (Wildman–Crippen MR) is 48.4 cm³/mol. The van der Waals surface area contributed by atoms with Crippen molar-refractivity contribution in [3.63, 3.8) is 0 Å². The highest BCUT2D eigenvalue weighted by Crippen LogP contribution is 2.01. The molecule has 0 saturated carbocycles. The number of hydrogen-bond donors (Lipinski definition) is 1. The van der Waals surface area contributed by atoms with E-state index in [1.807, 2.05) is 12.1 Å². The average molecular weight is 192 g/mol. The SMILES string of the molecule is Cl.Cl.c1cnc2nc[nH]c2c1. The first-order valence-electron chi connectivity index (χ1n) is 2.71. The molecule has 11 heavy (non-hydrogen) atoms. The molecule has 0 atom stereocenters. The molecule has 0 fully saturated rings. The number of halogens is 2. The Balaban J connectivity index is 0.000000500. The van der Waals surface area contributed by atoms with Gasteiger partial charge in [-0.3, -0.25) is 0 Å². The van der Waals surface area contributed by atoms with Crippen molar-refractivity contribution < 1.29 is 0 Å². The van der Waals surface area contributed by atoms with Gasteiger partial charge >= 0.3 is 0 Å². The largest absolute Gasteiger partial charge is 0.343 e. The molecule has 0 amide bonds. The lowest BCUT2D eigenvalue weighted by molar-refractivity contribution is 1.30. The highest BCUT2D eigenvalue weighted by molar-refractivity contribution is 5.85. The fourth-order valence-electron chi connectivity index (χ4n) is 0.775. The molecule has 60 valence electrons. The molecule has 0 spiro atoms. The van der Waals surface area contributed by atoms with Crippen LogP contribution in [0, 0.1) is 0 Å². The van der Waals surface area contributed by atoms with E-state index in [0.29, 0.717) is 0 Å². The molecule has 1 N–H and O–H groups in total. The molecule has 0 aliphatic heterocycles. The van der Waals surface area contributed by atoms with Gasteiger partial charge in [0.05, 0.1) is 11.8 Å². The van der Waals surface area contributed by atoms with Crippen LogP contribution < -0.4 is 0 Å². The van der Waals surface area contributed by atoms with Gasteiger partial charge in [-0.05, 0) is 12.1 Å². The van der Waals surface area contributed by atoms with Crippen LogP contribution in [0.2, 0.25) is 0 Å². The van der Waals surface area contributed by atoms with E-state index in [1.165, 1.54) is 0 Å². The van der Waals surface area contributed by atoms with E-state index < -0.39 is 0 Å². The topological polar surface area (TPSA) is 41.6 Å². The molecule has 0 radical (unpaired) electrons. The molecule has 0 bridgehead atoms. The zero-order valence-electron chi connectivity index (χ0n) is 5.52. The summed E-state index contributed by atoms with van der Waals surface area (Å²) >= 11 is 0. The van der Waals surface area contributed by atoms with Crippen LogP contribution in [0.4, 0.5) is 0 Å². The molecule has 3 nitrogen and oxygen atoms in total. The van der Waals surface area contributed by atoms with Gasteiger partial charge in [0.15, 0.2) is 5.65 Å². The molecular weight excluding hydrogens is 185 g/mol. The van der Waals surface area contributed by atoms with E-state index in [4.69, 9.17) is 0 Å². The predicted octanol–water partition coefficient (Wildman–Crippen LogP) is 1.80. The molecule has 2 rings (SSSR count). The van der Waals surface area contributed by atoms with Crippen LogP contribution in [0.25, 0.3) is 11.2 Å². The summed E-state index contributed by atoms with van der Waals surface area (Å²) in [7, 11) is 0. The Morgan fingerprint density at radius 3 is 2.73 bits per heavy atom. The zero-order chi connectivity index (χ0) is 6.10. The van der Waals surface area contributed by atoms with Crippen LogP contribution in [-0.4, -0.2) is 15.0 Å². The van der Waals surface area contributed by atoms with Crippen LogP contribution in [0.15, 0.2) is 24.7 Å². The normalized spacial score (nSPS) is 8.36.